The molecule has 1 amide bonds. The molecule has 0 aliphatic heterocycles. The number of nitrogens with one attached hydrogen (secondary N) is 1. The average molecular weight is 471 g/mol. The first-order chi connectivity index (χ1) is 12.4. The Morgan fingerprint density at radius 1 is 1.33 bits per heavy atom. The summed E-state index contributed by atoms with van der Waals surface area (Å²) < 4.78 is 77.2. The molecule has 13 heteroatoms. The molecule has 1 aromatic heterocycles. The standard InChI is InChI=1S/C14H11BrF4N4O3S/c15-13(3-4-13)27(25,26)21-12(24)11-7-23(22-20-11)6-8-1-2-10(16)9(5-8)14(17,18)19/h1-2,5,7H,3-4,6H2,(H,21,24). The molecule has 0 spiro atoms. The lowest BCUT2D eigenvalue weighted by atomic mass is 10.1. The van der Waals surface area contributed by atoms with Gasteiger partial charge in [-0.15, -0.1) is 5.10 Å². The molecule has 1 fully saturated rings. The van der Waals surface area contributed by atoms with Crippen LogP contribution in [0.15, 0.2) is 24.4 Å². The van der Waals surface area contributed by atoms with Gasteiger partial charge in [-0.3, -0.25) is 4.79 Å². The summed E-state index contributed by atoms with van der Waals surface area (Å²) in [4.78, 5) is 12.0. The van der Waals surface area contributed by atoms with Gasteiger partial charge in [-0.2, -0.15) is 13.2 Å². The van der Waals surface area contributed by atoms with Crippen LogP contribution in [0.3, 0.4) is 0 Å². The van der Waals surface area contributed by atoms with Crippen molar-refractivity contribution in [3.05, 3.63) is 47.0 Å². The van der Waals surface area contributed by atoms with E-state index in [9.17, 15) is 30.8 Å². The number of carbonyl (C=O) groups is 1. The number of hydrogen-bond donors (Lipinski definition) is 1. The molecule has 146 valence electrons. The first-order valence-corrected chi connectivity index (χ1v) is 9.70. The highest BCUT2D eigenvalue weighted by Gasteiger charge is 2.53. The highest BCUT2D eigenvalue weighted by Crippen LogP contribution is 2.48. The monoisotopic (exact) mass is 470 g/mol. The zero-order valence-electron chi connectivity index (χ0n) is 13.3. The van der Waals surface area contributed by atoms with Crippen molar-refractivity contribution >= 4 is 31.9 Å². The topological polar surface area (TPSA) is 94.0 Å². The molecule has 27 heavy (non-hydrogen) atoms. The number of rotatable bonds is 5. The van der Waals surface area contributed by atoms with Crippen LogP contribution >= 0.6 is 15.9 Å². The number of halogens is 5. The van der Waals surface area contributed by atoms with Gasteiger partial charge in [0.2, 0.25) is 0 Å². The van der Waals surface area contributed by atoms with Crippen molar-refractivity contribution in [2.45, 2.75) is 29.2 Å². The van der Waals surface area contributed by atoms with Gasteiger partial charge < -0.3 is 0 Å². The molecule has 1 aromatic carbocycles. The highest BCUT2D eigenvalue weighted by atomic mass is 79.9. The summed E-state index contributed by atoms with van der Waals surface area (Å²) in [5.41, 5.74) is -1.67. The maximum atomic E-state index is 13.3. The molecule has 2 aromatic rings. The van der Waals surface area contributed by atoms with Crippen molar-refractivity contribution in [2.24, 2.45) is 0 Å². The fraction of sp³-hybridized carbons (Fsp3) is 0.357. The fourth-order valence-corrected chi connectivity index (χ4v) is 3.80. The van der Waals surface area contributed by atoms with E-state index in [1.165, 1.54) is 0 Å². The quantitative estimate of drug-likeness (QED) is 0.534. The Balaban J connectivity index is 1.74. The van der Waals surface area contributed by atoms with Gasteiger partial charge in [0.05, 0.1) is 18.3 Å². The fourth-order valence-electron chi connectivity index (χ4n) is 2.19. The van der Waals surface area contributed by atoms with Crippen LogP contribution in [-0.4, -0.2) is 33.0 Å². The van der Waals surface area contributed by atoms with Crippen molar-refractivity contribution in [2.75, 3.05) is 0 Å². The number of aromatic nitrogens is 3. The number of nitrogens with zero attached hydrogens (tertiary/aromatic N) is 3. The summed E-state index contributed by atoms with van der Waals surface area (Å²) in [6.45, 7) is -0.223. The van der Waals surface area contributed by atoms with E-state index in [0.717, 1.165) is 16.9 Å². The van der Waals surface area contributed by atoms with Gasteiger partial charge in [0.1, 0.15) is 9.47 Å². The Morgan fingerprint density at radius 3 is 2.59 bits per heavy atom. The zero-order chi connectivity index (χ0) is 20.0. The van der Waals surface area contributed by atoms with Gasteiger partial charge in [0, 0.05) is 0 Å². The number of benzene rings is 1. The Morgan fingerprint density at radius 2 is 2.00 bits per heavy atom. The van der Waals surface area contributed by atoms with Crippen LogP contribution in [-0.2, 0) is 22.7 Å². The van der Waals surface area contributed by atoms with Gasteiger partial charge in [0.25, 0.3) is 15.9 Å². The van der Waals surface area contributed by atoms with Crippen LogP contribution in [0.4, 0.5) is 17.6 Å². The molecule has 0 atom stereocenters. The molecule has 0 unspecified atom stereocenters. The SMILES string of the molecule is O=C(NS(=O)(=O)C1(Br)CC1)c1cn(Cc2ccc(F)c(C(F)(F)F)c2)nn1. The first-order valence-electron chi connectivity index (χ1n) is 7.43. The lowest BCUT2D eigenvalue weighted by Crippen LogP contribution is -2.37. The molecule has 3 rings (SSSR count). The summed E-state index contributed by atoms with van der Waals surface area (Å²) in [6.07, 6.45) is -3.06. The molecule has 1 aliphatic rings. The minimum absolute atomic E-state index is 0.0746. The van der Waals surface area contributed by atoms with E-state index in [1.807, 2.05) is 4.72 Å². The van der Waals surface area contributed by atoms with E-state index < -0.39 is 37.1 Å². The number of amides is 1. The van der Waals surface area contributed by atoms with E-state index in [4.69, 9.17) is 0 Å². The third-order valence-electron chi connectivity index (χ3n) is 3.80. The van der Waals surface area contributed by atoms with Crippen LogP contribution in [0, 0.1) is 5.82 Å². The lowest BCUT2D eigenvalue weighted by Gasteiger charge is -2.10. The average Bonchev–Trinajstić information content (AvgIpc) is 3.15. The summed E-state index contributed by atoms with van der Waals surface area (Å²) >= 11 is 3.02. The zero-order valence-corrected chi connectivity index (χ0v) is 15.7. The summed E-state index contributed by atoms with van der Waals surface area (Å²) in [5, 5.41) is 7.09. The Hall–Kier alpha value is -2.02. The Labute approximate surface area is 158 Å². The van der Waals surface area contributed by atoms with E-state index in [1.54, 1.807) is 0 Å². The number of hydrogen-bond acceptors (Lipinski definition) is 5. The van der Waals surface area contributed by atoms with Gasteiger partial charge in [0.15, 0.2) is 5.69 Å². The molecule has 0 radical (unpaired) electrons. The second-order valence-corrected chi connectivity index (χ2v) is 9.97. The molecule has 7 nitrogen and oxygen atoms in total. The molecular weight excluding hydrogens is 460 g/mol. The van der Waals surface area contributed by atoms with Crippen LogP contribution in [0.25, 0.3) is 0 Å². The van der Waals surface area contributed by atoms with Gasteiger partial charge >= 0.3 is 6.18 Å². The van der Waals surface area contributed by atoms with E-state index in [-0.39, 0.29) is 17.8 Å². The van der Waals surface area contributed by atoms with E-state index in [0.29, 0.717) is 25.0 Å². The number of carbonyl (C=O) groups excluding carboxylic acids is 1. The van der Waals surface area contributed by atoms with Crippen molar-refractivity contribution in [1.82, 2.24) is 19.7 Å². The molecule has 1 saturated carbocycles. The van der Waals surface area contributed by atoms with E-state index >= 15 is 0 Å². The molecular formula is C14H11BrF4N4O3S. The number of sulfonamides is 1. The van der Waals surface area contributed by atoms with Crippen LogP contribution in [0.1, 0.15) is 34.5 Å². The van der Waals surface area contributed by atoms with Crippen molar-refractivity contribution < 1.29 is 30.8 Å². The molecule has 1 N–H and O–H groups in total. The first kappa shape index (κ1) is 19.7. The molecule has 1 aliphatic carbocycles. The smallest absolute Gasteiger partial charge is 0.266 e. The number of alkyl halides is 4. The van der Waals surface area contributed by atoms with Gasteiger partial charge in [-0.05, 0) is 30.5 Å². The minimum atomic E-state index is -4.85. The van der Waals surface area contributed by atoms with Crippen molar-refractivity contribution in [3.63, 3.8) is 0 Å². The maximum Gasteiger partial charge on any atom is 0.419 e. The third kappa shape index (κ3) is 4.13. The predicted octanol–water partition coefficient (Wildman–Crippen LogP) is 2.43. The third-order valence-corrected chi connectivity index (χ3v) is 7.70. The van der Waals surface area contributed by atoms with Crippen molar-refractivity contribution in [3.8, 4) is 0 Å². The van der Waals surface area contributed by atoms with Gasteiger partial charge in [-0.25, -0.2) is 22.2 Å². The second-order valence-electron chi connectivity index (χ2n) is 5.93. The van der Waals surface area contributed by atoms with Crippen molar-refractivity contribution in [1.29, 1.82) is 0 Å². The lowest BCUT2D eigenvalue weighted by molar-refractivity contribution is -0.140. The Bertz CT molecular complexity index is 1000. The van der Waals surface area contributed by atoms with Crippen LogP contribution in [0.2, 0.25) is 0 Å². The van der Waals surface area contributed by atoms with Gasteiger partial charge in [-0.1, -0.05) is 27.2 Å². The summed E-state index contributed by atoms with van der Waals surface area (Å²) in [5.74, 6) is -2.42. The minimum Gasteiger partial charge on any atom is -0.266 e. The Kier molecular flexibility index (Phi) is 4.78. The van der Waals surface area contributed by atoms with Crippen LogP contribution < -0.4 is 4.72 Å². The maximum absolute atomic E-state index is 13.3. The van der Waals surface area contributed by atoms with E-state index in [2.05, 4.69) is 26.2 Å². The molecule has 1 heterocycles. The largest absolute Gasteiger partial charge is 0.419 e. The normalized spacial score (nSPS) is 16.2. The molecule has 0 bridgehead atoms. The van der Waals surface area contributed by atoms with Crippen LogP contribution in [0.5, 0.6) is 0 Å². The highest BCUT2D eigenvalue weighted by molar-refractivity contribution is 9.11. The summed E-state index contributed by atoms with van der Waals surface area (Å²) in [6, 6.07) is 2.45. The predicted molar refractivity (Wildman–Crippen MR) is 87.8 cm³/mol. The molecule has 0 saturated heterocycles. The second kappa shape index (κ2) is 6.55. The summed E-state index contributed by atoms with van der Waals surface area (Å²) in [7, 11) is -3.94.